The number of hydrogen-bond donors (Lipinski definition) is 0. The molecule has 0 fully saturated rings. The van der Waals surface area contributed by atoms with E-state index in [0.29, 0.717) is 18.0 Å². The zero-order valence-electron chi connectivity index (χ0n) is 12.4. The molecule has 0 amide bonds. The highest BCUT2D eigenvalue weighted by Gasteiger charge is 2.07. The van der Waals surface area contributed by atoms with Gasteiger partial charge in [0.2, 0.25) is 0 Å². The van der Waals surface area contributed by atoms with Crippen LogP contribution in [0.3, 0.4) is 0 Å². The molecule has 22 heavy (non-hydrogen) atoms. The second kappa shape index (κ2) is 5.85. The van der Waals surface area contributed by atoms with E-state index in [1.54, 1.807) is 27.6 Å². The van der Waals surface area contributed by atoms with Crippen molar-refractivity contribution in [3.63, 3.8) is 0 Å². The van der Waals surface area contributed by atoms with Gasteiger partial charge >= 0.3 is 0 Å². The van der Waals surface area contributed by atoms with Crippen LogP contribution in [0.4, 0.5) is 0 Å². The molecular weight excluding hydrogens is 280 g/mol. The maximum absolute atomic E-state index is 12.1. The van der Waals surface area contributed by atoms with Gasteiger partial charge in [-0.15, -0.1) is 5.10 Å². The zero-order valence-corrected chi connectivity index (χ0v) is 12.4. The summed E-state index contributed by atoms with van der Waals surface area (Å²) in [5, 5.41) is 8.22. The minimum absolute atomic E-state index is 0.185. The fraction of sp³-hybridized carbons (Fsp3) is 0.188. The summed E-state index contributed by atoms with van der Waals surface area (Å²) in [7, 11) is 1.48. The number of aryl methyl sites for hydroxylation is 1. The summed E-state index contributed by atoms with van der Waals surface area (Å²) in [5.41, 5.74) is 2.64. The summed E-state index contributed by atoms with van der Waals surface area (Å²) in [6.07, 6.45) is 3.52. The van der Waals surface area contributed by atoms with Crippen LogP contribution in [0.5, 0.6) is 5.75 Å². The van der Waals surface area contributed by atoms with Crippen LogP contribution in [0.25, 0.3) is 5.69 Å². The molecule has 0 aliphatic rings. The smallest absolute Gasteiger partial charge is 0.293 e. The number of ether oxygens (including phenoxy) is 1. The number of nitrogens with zero attached hydrogens (tertiary/aromatic N) is 4. The molecule has 0 radical (unpaired) electrons. The monoisotopic (exact) mass is 296 g/mol. The maximum Gasteiger partial charge on any atom is 0.293 e. The van der Waals surface area contributed by atoms with Crippen LogP contribution in [0.2, 0.25) is 0 Å². The third-order valence-electron chi connectivity index (χ3n) is 3.38. The van der Waals surface area contributed by atoms with Crippen molar-refractivity contribution < 1.29 is 4.74 Å². The highest BCUT2D eigenvalue weighted by Crippen LogP contribution is 2.09. The highest BCUT2D eigenvalue weighted by atomic mass is 16.5. The molecule has 0 saturated carbocycles. The van der Waals surface area contributed by atoms with Gasteiger partial charge < -0.3 is 9.30 Å². The summed E-state index contributed by atoms with van der Waals surface area (Å²) >= 11 is 0. The van der Waals surface area contributed by atoms with Crippen molar-refractivity contribution >= 4 is 0 Å². The number of aromatic nitrogens is 4. The largest absolute Gasteiger partial charge is 0.491 e. The van der Waals surface area contributed by atoms with Crippen molar-refractivity contribution in [2.75, 3.05) is 7.11 Å². The minimum Gasteiger partial charge on any atom is -0.491 e. The van der Waals surface area contributed by atoms with Gasteiger partial charge in [0.1, 0.15) is 5.69 Å². The van der Waals surface area contributed by atoms with E-state index in [4.69, 9.17) is 4.74 Å². The number of hydrogen-bond acceptors (Lipinski definition) is 4. The first-order valence-corrected chi connectivity index (χ1v) is 6.89. The Morgan fingerprint density at radius 1 is 1.18 bits per heavy atom. The Kier molecular flexibility index (Phi) is 3.74. The van der Waals surface area contributed by atoms with Crippen LogP contribution in [0.15, 0.2) is 53.6 Å². The fourth-order valence-corrected chi connectivity index (χ4v) is 2.16. The molecule has 0 spiro atoms. The number of pyridine rings is 1. The van der Waals surface area contributed by atoms with E-state index in [-0.39, 0.29) is 5.56 Å². The molecule has 1 aromatic carbocycles. The topological polar surface area (TPSA) is 61.9 Å². The SMILES string of the molecule is COc1cccn(Cc2cn(-c3ccc(C)cc3)nn2)c1=O. The lowest BCUT2D eigenvalue weighted by atomic mass is 10.2. The standard InChI is InChI=1S/C16H16N4O2/c1-12-5-7-14(8-6-12)20-11-13(17-18-20)10-19-9-3-4-15(22-2)16(19)21/h3-9,11H,10H2,1-2H3. The van der Waals surface area contributed by atoms with Crippen LogP contribution < -0.4 is 10.3 Å². The third-order valence-corrected chi connectivity index (χ3v) is 3.38. The Labute approximate surface area is 127 Å². The first-order valence-electron chi connectivity index (χ1n) is 6.89. The second-order valence-corrected chi connectivity index (χ2v) is 5.00. The van der Waals surface area contributed by atoms with Crippen molar-refractivity contribution in [2.24, 2.45) is 0 Å². The zero-order chi connectivity index (χ0) is 15.5. The molecule has 3 aromatic rings. The van der Waals surface area contributed by atoms with Crippen LogP contribution in [0.1, 0.15) is 11.3 Å². The Hall–Kier alpha value is -2.89. The Balaban J connectivity index is 1.86. The van der Waals surface area contributed by atoms with Crippen LogP contribution in [-0.4, -0.2) is 26.7 Å². The molecule has 6 nitrogen and oxygen atoms in total. The molecule has 0 saturated heterocycles. The van der Waals surface area contributed by atoms with Crippen molar-refractivity contribution in [3.05, 3.63) is 70.4 Å². The molecule has 2 aromatic heterocycles. The Morgan fingerprint density at radius 2 is 1.95 bits per heavy atom. The van der Waals surface area contributed by atoms with Gasteiger partial charge in [-0.1, -0.05) is 22.9 Å². The molecule has 0 aliphatic carbocycles. The molecule has 0 aliphatic heterocycles. The summed E-state index contributed by atoms with van der Waals surface area (Å²) in [4.78, 5) is 12.1. The quantitative estimate of drug-likeness (QED) is 0.736. The molecule has 0 N–H and O–H groups in total. The number of benzene rings is 1. The van der Waals surface area contributed by atoms with E-state index in [2.05, 4.69) is 10.3 Å². The highest BCUT2D eigenvalue weighted by molar-refractivity contribution is 5.33. The lowest BCUT2D eigenvalue weighted by molar-refractivity contribution is 0.403. The van der Waals surface area contributed by atoms with Gasteiger partial charge in [0.05, 0.1) is 25.5 Å². The summed E-state index contributed by atoms with van der Waals surface area (Å²) in [6.45, 7) is 2.38. The van der Waals surface area contributed by atoms with E-state index in [0.717, 1.165) is 5.69 Å². The average Bonchev–Trinajstić information content (AvgIpc) is 2.99. The molecule has 0 unspecified atom stereocenters. The Bertz CT molecular complexity index is 834. The van der Waals surface area contributed by atoms with Crippen LogP contribution >= 0.6 is 0 Å². The first-order chi connectivity index (χ1) is 10.7. The van der Waals surface area contributed by atoms with Crippen LogP contribution in [0, 0.1) is 6.92 Å². The summed E-state index contributed by atoms with van der Waals surface area (Å²) in [6, 6.07) is 11.4. The van der Waals surface area contributed by atoms with E-state index < -0.39 is 0 Å². The molecule has 0 bridgehead atoms. The lowest BCUT2D eigenvalue weighted by Gasteiger charge is -2.05. The van der Waals surface area contributed by atoms with Gasteiger partial charge in [-0.2, -0.15) is 0 Å². The summed E-state index contributed by atoms with van der Waals surface area (Å²) in [5.74, 6) is 0.313. The van der Waals surface area contributed by atoms with Crippen molar-refractivity contribution in [1.29, 1.82) is 0 Å². The second-order valence-electron chi connectivity index (χ2n) is 5.00. The molecule has 6 heteroatoms. The predicted molar refractivity (Wildman–Crippen MR) is 82.5 cm³/mol. The first kappa shape index (κ1) is 14.1. The van der Waals surface area contributed by atoms with Gasteiger partial charge in [-0.05, 0) is 31.2 Å². The fourth-order valence-electron chi connectivity index (χ4n) is 2.16. The minimum atomic E-state index is -0.185. The van der Waals surface area contributed by atoms with Crippen molar-refractivity contribution in [3.8, 4) is 11.4 Å². The van der Waals surface area contributed by atoms with Crippen molar-refractivity contribution in [1.82, 2.24) is 19.6 Å². The van der Waals surface area contributed by atoms with E-state index >= 15 is 0 Å². The lowest BCUT2D eigenvalue weighted by Crippen LogP contribution is -2.21. The average molecular weight is 296 g/mol. The maximum atomic E-state index is 12.1. The number of rotatable bonds is 4. The van der Waals surface area contributed by atoms with Gasteiger partial charge in [-0.3, -0.25) is 4.79 Å². The molecule has 0 atom stereocenters. The molecule has 2 heterocycles. The van der Waals surface area contributed by atoms with E-state index in [9.17, 15) is 4.79 Å². The van der Waals surface area contributed by atoms with Crippen molar-refractivity contribution in [2.45, 2.75) is 13.5 Å². The van der Waals surface area contributed by atoms with Gasteiger partial charge in [0.25, 0.3) is 5.56 Å². The van der Waals surface area contributed by atoms with Crippen LogP contribution in [-0.2, 0) is 6.54 Å². The molecule has 3 rings (SSSR count). The normalized spacial score (nSPS) is 10.6. The Morgan fingerprint density at radius 3 is 2.68 bits per heavy atom. The number of methoxy groups -OCH3 is 1. The van der Waals surface area contributed by atoms with Gasteiger partial charge in [-0.25, -0.2) is 4.68 Å². The van der Waals surface area contributed by atoms with E-state index in [1.165, 1.54) is 12.7 Å². The van der Waals surface area contributed by atoms with Gasteiger partial charge in [0, 0.05) is 6.20 Å². The van der Waals surface area contributed by atoms with E-state index in [1.807, 2.05) is 37.4 Å². The van der Waals surface area contributed by atoms with Gasteiger partial charge in [0.15, 0.2) is 5.75 Å². The molecule has 112 valence electrons. The molecular formula is C16H16N4O2. The predicted octanol–water partition coefficient (Wildman–Crippen LogP) is 1.79. The third kappa shape index (κ3) is 2.76. The summed E-state index contributed by atoms with van der Waals surface area (Å²) < 4.78 is 8.27.